The zero-order valence-corrected chi connectivity index (χ0v) is 15.8. The Kier molecular flexibility index (Phi) is 5.93. The Balaban J connectivity index is 1.61. The molecule has 2 aromatic carbocycles. The van der Waals surface area contributed by atoms with E-state index < -0.39 is 16.7 Å². The summed E-state index contributed by atoms with van der Waals surface area (Å²) in [7, 11) is 0. The van der Waals surface area contributed by atoms with Crippen LogP contribution in [0.2, 0.25) is 0 Å². The van der Waals surface area contributed by atoms with Crippen molar-refractivity contribution in [1.82, 2.24) is 10.6 Å². The average molecular weight is 403 g/mol. The molecule has 3 rings (SSSR count). The summed E-state index contributed by atoms with van der Waals surface area (Å²) in [6, 6.07) is 8.57. The third kappa shape index (κ3) is 4.30. The summed E-state index contributed by atoms with van der Waals surface area (Å²) >= 11 is 1.42. The van der Waals surface area contributed by atoms with Crippen molar-refractivity contribution >= 4 is 29.3 Å². The molecule has 1 aliphatic rings. The van der Waals surface area contributed by atoms with Crippen LogP contribution in [-0.2, 0) is 4.79 Å². The predicted octanol–water partition coefficient (Wildman–Crippen LogP) is 3.13. The normalized spacial score (nSPS) is 15.4. The topological polar surface area (TPSA) is 101 Å². The first kappa shape index (κ1) is 19.8. The Labute approximate surface area is 164 Å². The van der Waals surface area contributed by atoms with Gasteiger partial charge in [0.15, 0.2) is 0 Å². The second-order valence-electron chi connectivity index (χ2n) is 6.36. The second-order valence-corrected chi connectivity index (χ2v) is 7.46. The molecule has 0 radical (unpaired) electrons. The van der Waals surface area contributed by atoms with Gasteiger partial charge in [0.25, 0.3) is 11.6 Å². The van der Waals surface area contributed by atoms with Crippen LogP contribution in [0.4, 0.5) is 10.1 Å². The lowest BCUT2D eigenvalue weighted by Crippen LogP contribution is -2.39. The van der Waals surface area contributed by atoms with E-state index in [1.165, 1.54) is 36.0 Å². The minimum atomic E-state index is -0.580. The quantitative estimate of drug-likeness (QED) is 0.590. The molecule has 0 saturated heterocycles. The zero-order valence-electron chi connectivity index (χ0n) is 15.0. The number of thioether (sulfide) groups is 1. The summed E-state index contributed by atoms with van der Waals surface area (Å²) in [6.07, 6.45) is 0.658. The number of halogens is 1. The van der Waals surface area contributed by atoms with Crippen molar-refractivity contribution in [3.8, 4) is 0 Å². The summed E-state index contributed by atoms with van der Waals surface area (Å²) in [4.78, 5) is 35.4. The molecule has 1 atom stereocenters. The Morgan fingerprint density at radius 1 is 1.32 bits per heavy atom. The van der Waals surface area contributed by atoms with E-state index in [1.54, 1.807) is 19.1 Å². The van der Waals surface area contributed by atoms with Crippen LogP contribution in [0, 0.1) is 22.9 Å². The van der Waals surface area contributed by atoms with Crippen LogP contribution < -0.4 is 10.6 Å². The van der Waals surface area contributed by atoms with E-state index in [9.17, 15) is 24.1 Å². The van der Waals surface area contributed by atoms with Gasteiger partial charge in [0, 0.05) is 27.8 Å². The number of nitrogens with zero attached hydrogens (tertiary/aromatic N) is 1. The number of amides is 2. The molecule has 0 spiro atoms. The lowest BCUT2D eigenvalue weighted by Gasteiger charge is -2.26. The van der Waals surface area contributed by atoms with Crippen molar-refractivity contribution < 1.29 is 18.9 Å². The number of fused-ring (bicyclic) bond motifs is 1. The van der Waals surface area contributed by atoms with Gasteiger partial charge in [-0.05, 0) is 31.0 Å². The van der Waals surface area contributed by atoms with Gasteiger partial charge < -0.3 is 10.6 Å². The highest BCUT2D eigenvalue weighted by atomic mass is 32.2. The number of hydrogen-bond acceptors (Lipinski definition) is 5. The molecule has 0 bridgehead atoms. The molecule has 9 heteroatoms. The Hall–Kier alpha value is -2.94. The van der Waals surface area contributed by atoms with Crippen molar-refractivity contribution in [3.05, 3.63) is 69.0 Å². The fraction of sp³-hybridized carbons (Fsp3) is 0.263. The van der Waals surface area contributed by atoms with Crippen LogP contribution in [0.25, 0.3) is 0 Å². The number of nitrogens with one attached hydrogen (secondary N) is 2. The van der Waals surface area contributed by atoms with Crippen molar-refractivity contribution in [2.24, 2.45) is 0 Å². The fourth-order valence-electron chi connectivity index (χ4n) is 2.99. The molecule has 2 N–H and O–H groups in total. The molecule has 146 valence electrons. The molecular formula is C19H18FN3O4S. The third-order valence-corrected chi connectivity index (χ3v) is 5.60. The van der Waals surface area contributed by atoms with Crippen molar-refractivity contribution in [3.63, 3.8) is 0 Å². The maximum atomic E-state index is 13.9. The highest BCUT2D eigenvalue weighted by molar-refractivity contribution is 7.99. The molecule has 1 unspecified atom stereocenters. The molecule has 1 aliphatic heterocycles. The number of hydrogen-bond donors (Lipinski definition) is 2. The highest BCUT2D eigenvalue weighted by Crippen LogP contribution is 2.37. The van der Waals surface area contributed by atoms with Gasteiger partial charge in [0.1, 0.15) is 5.82 Å². The summed E-state index contributed by atoms with van der Waals surface area (Å²) < 4.78 is 13.9. The number of aryl methyl sites for hydroxylation is 1. The molecule has 28 heavy (non-hydrogen) atoms. The van der Waals surface area contributed by atoms with Gasteiger partial charge in [-0.2, -0.15) is 0 Å². The predicted molar refractivity (Wildman–Crippen MR) is 103 cm³/mol. The summed E-state index contributed by atoms with van der Waals surface area (Å²) in [5.74, 6) is -0.625. The van der Waals surface area contributed by atoms with Crippen LogP contribution >= 0.6 is 11.8 Å². The fourth-order valence-corrected chi connectivity index (χ4v) is 4.13. The van der Waals surface area contributed by atoms with E-state index in [1.807, 2.05) is 0 Å². The molecule has 7 nitrogen and oxygen atoms in total. The van der Waals surface area contributed by atoms with Crippen LogP contribution in [0.5, 0.6) is 0 Å². The van der Waals surface area contributed by atoms with E-state index in [0.717, 1.165) is 5.56 Å². The maximum Gasteiger partial charge on any atom is 0.273 e. The third-order valence-electron chi connectivity index (χ3n) is 4.44. The maximum absolute atomic E-state index is 13.9. The standard InChI is InChI=1S/C19H18FN3O4S/c1-11-5-6-12(9-16(11)23(26)27)19(25)21-10-17(24)22-15-7-8-28-18-13(15)3-2-4-14(18)20/h2-6,9,15H,7-8,10H2,1H3,(H,21,25)(H,22,24). The minimum absolute atomic E-state index is 0.103. The first-order chi connectivity index (χ1) is 13.4. The number of benzene rings is 2. The van der Waals surface area contributed by atoms with Crippen LogP contribution in [0.15, 0.2) is 41.3 Å². The second kappa shape index (κ2) is 8.39. The van der Waals surface area contributed by atoms with E-state index in [-0.39, 0.29) is 29.7 Å². The minimum Gasteiger partial charge on any atom is -0.348 e. The Morgan fingerprint density at radius 2 is 2.11 bits per heavy atom. The molecule has 0 aromatic heterocycles. The molecule has 0 aliphatic carbocycles. The van der Waals surface area contributed by atoms with Gasteiger partial charge in [-0.3, -0.25) is 19.7 Å². The van der Waals surface area contributed by atoms with Crippen LogP contribution in [0.1, 0.15) is 33.9 Å². The lowest BCUT2D eigenvalue weighted by molar-refractivity contribution is -0.385. The molecule has 0 saturated carbocycles. The number of carbonyl (C=O) groups excluding carboxylic acids is 2. The molecule has 1 heterocycles. The van der Waals surface area contributed by atoms with Crippen molar-refractivity contribution in [2.45, 2.75) is 24.3 Å². The van der Waals surface area contributed by atoms with Crippen LogP contribution in [0.3, 0.4) is 0 Å². The monoisotopic (exact) mass is 403 g/mol. The first-order valence-electron chi connectivity index (χ1n) is 8.60. The SMILES string of the molecule is Cc1ccc(C(=O)NCC(=O)NC2CCSc3c(F)cccc32)cc1[N+](=O)[O-]. The van der Waals surface area contributed by atoms with Crippen molar-refractivity contribution in [2.75, 3.05) is 12.3 Å². The molecule has 2 aromatic rings. The van der Waals surface area contributed by atoms with Gasteiger partial charge in [0.2, 0.25) is 5.91 Å². The Morgan fingerprint density at radius 3 is 2.86 bits per heavy atom. The molecule has 2 amide bonds. The van der Waals surface area contributed by atoms with Gasteiger partial charge in [-0.15, -0.1) is 11.8 Å². The summed E-state index contributed by atoms with van der Waals surface area (Å²) in [6.45, 7) is 1.30. The van der Waals surface area contributed by atoms with E-state index in [2.05, 4.69) is 10.6 Å². The van der Waals surface area contributed by atoms with Gasteiger partial charge in [0.05, 0.1) is 17.5 Å². The average Bonchev–Trinajstić information content (AvgIpc) is 2.67. The van der Waals surface area contributed by atoms with Crippen molar-refractivity contribution in [1.29, 1.82) is 0 Å². The smallest absolute Gasteiger partial charge is 0.273 e. The lowest BCUT2D eigenvalue weighted by atomic mass is 10.0. The van der Waals surface area contributed by atoms with Gasteiger partial charge in [-0.25, -0.2) is 4.39 Å². The van der Waals surface area contributed by atoms with E-state index >= 15 is 0 Å². The van der Waals surface area contributed by atoms with Crippen LogP contribution in [-0.4, -0.2) is 29.0 Å². The number of nitro groups is 1. The van der Waals surface area contributed by atoms with E-state index in [4.69, 9.17) is 0 Å². The molecular weight excluding hydrogens is 385 g/mol. The largest absolute Gasteiger partial charge is 0.348 e. The van der Waals surface area contributed by atoms with Gasteiger partial charge in [-0.1, -0.05) is 18.2 Å². The zero-order chi connectivity index (χ0) is 20.3. The summed E-state index contributed by atoms with van der Waals surface area (Å²) in [5, 5.41) is 16.3. The number of rotatable bonds is 5. The van der Waals surface area contributed by atoms with E-state index in [0.29, 0.717) is 22.6 Å². The number of nitro benzene ring substituents is 1. The summed E-state index contributed by atoms with van der Waals surface area (Å²) in [5.41, 5.74) is 1.12. The number of carbonyl (C=O) groups is 2. The van der Waals surface area contributed by atoms with Gasteiger partial charge >= 0.3 is 0 Å². The molecule has 0 fully saturated rings. The highest BCUT2D eigenvalue weighted by Gasteiger charge is 2.24. The Bertz CT molecular complexity index is 951. The first-order valence-corrected chi connectivity index (χ1v) is 9.59.